The number of fused-ring (bicyclic) bond motifs is 1. The highest BCUT2D eigenvalue weighted by atomic mass is 35.5. The Kier molecular flexibility index (Phi) is 4.34. The van der Waals surface area contributed by atoms with Crippen molar-refractivity contribution < 1.29 is 9.90 Å². The number of carboxylic acids is 1. The molecule has 0 atom stereocenters. The average molecular weight is 398 g/mol. The SMILES string of the molecule is Cc1nc2nc(-c3ccc(Cl)cc3)c(-c3ccc(Cl)cc3)n2cc1C(=O)O. The first kappa shape index (κ1) is 17.5. The quantitative estimate of drug-likeness (QED) is 0.503. The summed E-state index contributed by atoms with van der Waals surface area (Å²) in [6, 6.07) is 14.6. The van der Waals surface area contributed by atoms with Crippen LogP contribution in [0.2, 0.25) is 10.0 Å². The lowest BCUT2D eigenvalue weighted by molar-refractivity contribution is 0.0695. The summed E-state index contributed by atoms with van der Waals surface area (Å²) < 4.78 is 1.70. The maximum atomic E-state index is 11.6. The van der Waals surface area contributed by atoms with Crippen molar-refractivity contribution >= 4 is 34.9 Å². The van der Waals surface area contributed by atoms with E-state index in [1.807, 2.05) is 24.3 Å². The van der Waals surface area contributed by atoms with Crippen molar-refractivity contribution in [3.63, 3.8) is 0 Å². The van der Waals surface area contributed by atoms with E-state index in [0.717, 1.165) is 16.8 Å². The van der Waals surface area contributed by atoms with Gasteiger partial charge in [-0.3, -0.25) is 4.40 Å². The van der Waals surface area contributed by atoms with Crippen LogP contribution >= 0.6 is 23.2 Å². The highest BCUT2D eigenvalue weighted by molar-refractivity contribution is 6.31. The molecule has 0 aliphatic heterocycles. The third-order valence-corrected chi connectivity index (χ3v) is 4.78. The number of rotatable bonds is 3. The second-order valence-corrected chi connectivity index (χ2v) is 6.91. The van der Waals surface area contributed by atoms with Crippen molar-refractivity contribution in [2.75, 3.05) is 0 Å². The van der Waals surface area contributed by atoms with E-state index < -0.39 is 5.97 Å². The zero-order valence-electron chi connectivity index (χ0n) is 14.1. The van der Waals surface area contributed by atoms with Gasteiger partial charge in [0.05, 0.1) is 22.6 Å². The monoisotopic (exact) mass is 397 g/mol. The largest absolute Gasteiger partial charge is 0.478 e. The molecule has 1 N–H and O–H groups in total. The zero-order valence-corrected chi connectivity index (χ0v) is 15.7. The maximum absolute atomic E-state index is 11.6. The number of aromatic nitrogens is 3. The van der Waals surface area contributed by atoms with Crippen LogP contribution in [0.1, 0.15) is 16.1 Å². The summed E-state index contributed by atoms with van der Waals surface area (Å²) in [5.74, 6) is -0.613. The summed E-state index contributed by atoms with van der Waals surface area (Å²) in [7, 11) is 0. The minimum atomic E-state index is -1.04. The third-order valence-electron chi connectivity index (χ3n) is 4.27. The van der Waals surface area contributed by atoms with Crippen LogP contribution in [0.3, 0.4) is 0 Å². The van der Waals surface area contributed by atoms with Crippen molar-refractivity contribution in [3.05, 3.63) is 76.0 Å². The van der Waals surface area contributed by atoms with Crippen molar-refractivity contribution in [2.24, 2.45) is 0 Å². The van der Waals surface area contributed by atoms with E-state index in [4.69, 9.17) is 23.2 Å². The molecule has 0 saturated carbocycles. The molecule has 0 aliphatic carbocycles. The van der Waals surface area contributed by atoms with Gasteiger partial charge in [-0.05, 0) is 31.2 Å². The second kappa shape index (κ2) is 6.68. The van der Waals surface area contributed by atoms with Crippen LogP contribution in [0.5, 0.6) is 0 Å². The molecule has 0 radical (unpaired) electrons. The minimum Gasteiger partial charge on any atom is -0.478 e. The molecule has 2 aromatic carbocycles. The summed E-state index contributed by atoms with van der Waals surface area (Å²) in [4.78, 5) is 20.6. The fourth-order valence-electron chi connectivity index (χ4n) is 2.96. The van der Waals surface area contributed by atoms with Crippen LogP contribution in [-0.2, 0) is 0 Å². The van der Waals surface area contributed by atoms with Crippen LogP contribution in [0.15, 0.2) is 54.7 Å². The fraction of sp³-hybridized carbons (Fsp3) is 0.0500. The lowest BCUT2D eigenvalue weighted by Crippen LogP contribution is -2.05. The normalized spacial score (nSPS) is 11.1. The fourth-order valence-corrected chi connectivity index (χ4v) is 3.21. The molecule has 2 heterocycles. The Labute approximate surface area is 164 Å². The Hall–Kier alpha value is -2.89. The first-order chi connectivity index (χ1) is 12.9. The Morgan fingerprint density at radius 2 is 1.48 bits per heavy atom. The summed E-state index contributed by atoms with van der Waals surface area (Å²) in [5, 5.41) is 10.7. The first-order valence-electron chi connectivity index (χ1n) is 8.09. The molecule has 27 heavy (non-hydrogen) atoms. The molecule has 2 aromatic heterocycles. The molecule has 134 valence electrons. The van der Waals surface area contributed by atoms with Gasteiger partial charge in [0.1, 0.15) is 0 Å². The number of aromatic carboxylic acids is 1. The number of hydrogen-bond acceptors (Lipinski definition) is 3. The molecule has 0 amide bonds. The minimum absolute atomic E-state index is 0.123. The van der Waals surface area contributed by atoms with Crippen molar-refractivity contribution in [1.29, 1.82) is 0 Å². The number of nitrogens with zero attached hydrogens (tertiary/aromatic N) is 3. The van der Waals surface area contributed by atoms with Gasteiger partial charge < -0.3 is 5.11 Å². The third kappa shape index (κ3) is 3.16. The molecule has 0 saturated heterocycles. The van der Waals surface area contributed by atoms with Crippen molar-refractivity contribution in [1.82, 2.24) is 14.4 Å². The Morgan fingerprint density at radius 1 is 0.926 bits per heavy atom. The number of imidazole rings is 1. The van der Waals surface area contributed by atoms with Crippen LogP contribution in [0.25, 0.3) is 28.3 Å². The number of benzene rings is 2. The highest BCUT2D eigenvalue weighted by Crippen LogP contribution is 2.34. The Bertz CT molecular complexity index is 1170. The van der Waals surface area contributed by atoms with Gasteiger partial charge >= 0.3 is 5.97 Å². The number of aryl methyl sites for hydroxylation is 1. The second-order valence-electron chi connectivity index (χ2n) is 6.04. The van der Waals surface area contributed by atoms with E-state index >= 15 is 0 Å². The van der Waals surface area contributed by atoms with Crippen molar-refractivity contribution in [2.45, 2.75) is 6.92 Å². The molecule has 0 bridgehead atoms. The summed E-state index contributed by atoms with van der Waals surface area (Å²) in [6.07, 6.45) is 1.55. The molecule has 0 aliphatic rings. The molecular weight excluding hydrogens is 385 g/mol. The van der Waals surface area contributed by atoms with Gasteiger partial charge in [0.2, 0.25) is 5.78 Å². The predicted octanol–water partition coefficient (Wildman–Crippen LogP) is 5.38. The van der Waals surface area contributed by atoms with Gasteiger partial charge in [-0.1, -0.05) is 47.5 Å². The van der Waals surface area contributed by atoms with Crippen LogP contribution in [0, 0.1) is 6.92 Å². The van der Waals surface area contributed by atoms with E-state index in [1.165, 1.54) is 0 Å². The van der Waals surface area contributed by atoms with E-state index in [2.05, 4.69) is 9.97 Å². The van der Waals surface area contributed by atoms with Gasteiger partial charge in [-0.25, -0.2) is 14.8 Å². The Balaban J connectivity index is 2.06. The molecule has 7 heteroatoms. The summed E-state index contributed by atoms with van der Waals surface area (Å²) >= 11 is 12.0. The van der Waals surface area contributed by atoms with E-state index in [0.29, 0.717) is 27.2 Å². The number of hydrogen-bond donors (Lipinski definition) is 1. The van der Waals surface area contributed by atoms with Crippen LogP contribution < -0.4 is 0 Å². The smallest absolute Gasteiger partial charge is 0.339 e. The topological polar surface area (TPSA) is 67.5 Å². The van der Waals surface area contributed by atoms with Gasteiger partial charge in [-0.15, -0.1) is 0 Å². The van der Waals surface area contributed by atoms with Gasteiger partial charge in [0.25, 0.3) is 0 Å². The number of carbonyl (C=O) groups is 1. The lowest BCUT2D eigenvalue weighted by Gasteiger charge is -2.07. The predicted molar refractivity (Wildman–Crippen MR) is 106 cm³/mol. The first-order valence-corrected chi connectivity index (χ1v) is 8.84. The molecule has 4 aromatic rings. The Morgan fingerprint density at radius 3 is 2.04 bits per heavy atom. The zero-order chi connectivity index (χ0) is 19.1. The average Bonchev–Trinajstić information content (AvgIpc) is 3.00. The standard InChI is InChI=1S/C20H13Cl2N3O2/c1-11-16(19(26)27)10-25-18(13-4-8-15(22)9-5-13)17(24-20(25)23-11)12-2-6-14(21)7-3-12/h2-10H,1H3,(H,26,27). The van der Waals surface area contributed by atoms with Crippen molar-refractivity contribution in [3.8, 4) is 22.5 Å². The number of halogens is 2. The molecule has 0 fully saturated rings. The van der Waals surface area contributed by atoms with Crippen LogP contribution in [0.4, 0.5) is 0 Å². The summed E-state index contributed by atoms with van der Waals surface area (Å²) in [6.45, 7) is 1.65. The molecule has 0 unspecified atom stereocenters. The van der Waals surface area contributed by atoms with E-state index in [9.17, 15) is 9.90 Å². The highest BCUT2D eigenvalue weighted by Gasteiger charge is 2.20. The van der Waals surface area contributed by atoms with Gasteiger partial charge in [0.15, 0.2) is 0 Å². The van der Waals surface area contributed by atoms with E-state index in [-0.39, 0.29) is 5.56 Å². The lowest BCUT2D eigenvalue weighted by atomic mass is 10.0. The van der Waals surface area contributed by atoms with Gasteiger partial charge in [-0.2, -0.15) is 0 Å². The van der Waals surface area contributed by atoms with E-state index in [1.54, 1.807) is 41.8 Å². The molecule has 5 nitrogen and oxygen atoms in total. The molecule has 0 spiro atoms. The van der Waals surface area contributed by atoms with Crippen LogP contribution in [-0.4, -0.2) is 25.4 Å². The molecular formula is C20H13Cl2N3O2. The number of carboxylic acid groups (broad SMARTS) is 1. The maximum Gasteiger partial charge on any atom is 0.339 e. The van der Waals surface area contributed by atoms with Gasteiger partial charge in [0, 0.05) is 27.4 Å². The molecule has 4 rings (SSSR count). The summed E-state index contributed by atoms with van der Waals surface area (Å²) in [5.41, 5.74) is 3.65.